The first kappa shape index (κ1) is 48.6. The number of H-pyrrole nitrogens is 1. The number of Topliss-reactive ketones (excluding diaryl/α,β-unsaturated/α-hetero) is 3. The molecule has 0 saturated carbocycles. The van der Waals surface area contributed by atoms with Crippen molar-refractivity contribution >= 4 is 40.3 Å². The van der Waals surface area contributed by atoms with Crippen LogP contribution < -0.4 is 27.3 Å². The minimum absolute atomic E-state index is 0.0407. The number of nitriles is 1. The van der Waals surface area contributed by atoms with E-state index in [0.29, 0.717) is 39.7 Å². The molecule has 16 heteroatoms. The summed E-state index contributed by atoms with van der Waals surface area (Å²) in [6, 6.07) is 15.9. The SMILES string of the molecule is Cc1nc(-c2ccc(C(C)(C)C)cc2)nc(C)c1C(=O)C[C@@H](CCN)C(=O)N(C)[C@@H]1C(=O)C[C@@H](C)C(=O)N[C@H](C(=O)CCC#N)Cc2ccc(OCCN)c(c2)-c2cc1cc1[nH]c(=O)oc21. The average molecular weight is 899 g/mol. The van der Waals surface area contributed by atoms with E-state index in [2.05, 4.69) is 31.1 Å². The summed E-state index contributed by atoms with van der Waals surface area (Å²) in [5.74, 6) is -4.33. The number of ketones is 3. The number of aryl methyl sites for hydroxylation is 2. The van der Waals surface area contributed by atoms with Gasteiger partial charge in [-0.1, -0.05) is 58.0 Å². The molecule has 66 heavy (non-hydrogen) atoms. The Labute approximate surface area is 383 Å². The maximum Gasteiger partial charge on any atom is 0.417 e. The molecule has 4 bridgehead atoms. The van der Waals surface area contributed by atoms with Gasteiger partial charge in [-0.15, -0.1) is 0 Å². The van der Waals surface area contributed by atoms with E-state index in [1.165, 1.54) is 11.9 Å². The molecule has 6 rings (SSSR count). The Morgan fingerprint density at radius 2 is 1.67 bits per heavy atom. The van der Waals surface area contributed by atoms with Crippen LogP contribution in [-0.4, -0.2) is 81.8 Å². The molecular formula is C50H58N8O8. The molecule has 16 nitrogen and oxygen atoms in total. The molecule has 4 atom stereocenters. The van der Waals surface area contributed by atoms with Gasteiger partial charge in [-0.3, -0.25) is 29.0 Å². The second kappa shape index (κ2) is 20.6. The number of likely N-dealkylation sites (N-methyl/N-ethyl adjacent to an activating group) is 1. The van der Waals surface area contributed by atoms with Gasteiger partial charge < -0.3 is 30.8 Å². The fourth-order valence-electron chi connectivity index (χ4n) is 8.55. The molecule has 6 N–H and O–H groups in total. The predicted molar refractivity (Wildman–Crippen MR) is 248 cm³/mol. The van der Waals surface area contributed by atoms with Crippen molar-refractivity contribution in [2.24, 2.45) is 23.3 Å². The van der Waals surface area contributed by atoms with E-state index in [9.17, 15) is 34.0 Å². The standard InChI is InChI=1S/C50H58N8O8/c1-27-21-41(61)44(58(7)48(63)32(16-18-52)26-40(60)43-28(2)54-46(55-29(43)3)31-11-13-34(14-12-31)50(4,5)6)33-24-36(45-38(25-33)57-49(64)66-45)35-22-30(10-15-42(35)65-20-19-53)23-37(56-47(27)62)39(59)9-8-17-51/h10-15,22,24-25,27,32,37,44H,8-9,16,18-21,23,26,52-53H2,1-7H3,(H,56,62)(H,57,64)/t27-,32-,37+,44+/m1/s1. The number of carbonyl (C=O) groups is 5. The topological polar surface area (TPSA) is 257 Å². The van der Waals surface area contributed by atoms with Gasteiger partial charge in [0.05, 0.1) is 34.6 Å². The summed E-state index contributed by atoms with van der Waals surface area (Å²) in [6.45, 7) is 11.7. The van der Waals surface area contributed by atoms with Gasteiger partial charge >= 0.3 is 5.76 Å². The number of nitrogens with two attached hydrogens (primary N) is 2. The Morgan fingerprint density at radius 1 is 0.970 bits per heavy atom. The summed E-state index contributed by atoms with van der Waals surface area (Å²) in [5.41, 5.74) is 17.0. The Morgan fingerprint density at radius 3 is 2.30 bits per heavy atom. The van der Waals surface area contributed by atoms with Crippen molar-refractivity contribution < 1.29 is 33.1 Å². The van der Waals surface area contributed by atoms with Gasteiger partial charge in [-0.05, 0) is 79.6 Å². The molecule has 1 aliphatic heterocycles. The molecule has 0 fully saturated rings. The molecule has 0 radical (unpaired) electrons. The summed E-state index contributed by atoms with van der Waals surface area (Å²) < 4.78 is 11.7. The molecule has 1 aliphatic rings. The number of ether oxygens (including phenoxy) is 1. The van der Waals surface area contributed by atoms with E-state index in [0.717, 1.165) is 11.1 Å². The number of benzene rings is 3. The number of rotatable bonds is 14. The Kier molecular flexibility index (Phi) is 15.1. The lowest BCUT2D eigenvalue weighted by atomic mass is 9.86. The Hall–Kier alpha value is -6.83. The minimum atomic E-state index is -1.35. The van der Waals surface area contributed by atoms with Crippen LogP contribution in [0.3, 0.4) is 0 Å². The van der Waals surface area contributed by atoms with Crippen LogP contribution in [0.1, 0.15) is 104 Å². The average Bonchev–Trinajstić information content (AvgIpc) is 3.65. The molecule has 2 amide bonds. The molecule has 2 aromatic heterocycles. The molecule has 0 saturated heterocycles. The molecule has 346 valence electrons. The van der Waals surface area contributed by atoms with Crippen molar-refractivity contribution in [1.82, 2.24) is 25.2 Å². The molecule has 3 aromatic carbocycles. The van der Waals surface area contributed by atoms with Crippen LogP contribution in [0.15, 0.2) is 63.8 Å². The third kappa shape index (κ3) is 10.8. The Bertz CT molecular complexity index is 2740. The summed E-state index contributed by atoms with van der Waals surface area (Å²) >= 11 is 0. The monoisotopic (exact) mass is 898 g/mol. The first-order valence-electron chi connectivity index (χ1n) is 22.2. The fraction of sp³-hybridized carbons (Fsp3) is 0.420. The van der Waals surface area contributed by atoms with Crippen LogP contribution in [-0.2, 0) is 31.0 Å². The normalized spacial score (nSPS) is 17.1. The van der Waals surface area contributed by atoms with Gasteiger partial charge in [-0.25, -0.2) is 14.8 Å². The highest BCUT2D eigenvalue weighted by atomic mass is 16.5. The molecule has 0 aliphatic carbocycles. The number of aromatic nitrogens is 3. The van der Waals surface area contributed by atoms with Crippen molar-refractivity contribution in [2.45, 2.75) is 97.6 Å². The zero-order chi connectivity index (χ0) is 48.0. The Balaban J connectivity index is 1.42. The highest BCUT2D eigenvalue weighted by Crippen LogP contribution is 2.40. The summed E-state index contributed by atoms with van der Waals surface area (Å²) in [7, 11) is 1.45. The van der Waals surface area contributed by atoms with E-state index in [-0.39, 0.29) is 97.4 Å². The number of oxazole rings is 1. The van der Waals surface area contributed by atoms with E-state index in [1.807, 2.05) is 30.3 Å². The van der Waals surface area contributed by atoms with E-state index >= 15 is 0 Å². The first-order chi connectivity index (χ1) is 31.3. The van der Waals surface area contributed by atoms with Crippen LogP contribution in [0.2, 0.25) is 0 Å². The molecule has 0 spiro atoms. The number of hydrogen-bond donors (Lipinski definition) is 4. The highest BCUT2D eigenvalue weighted by molar-refractivity contribution is 6.02. The molecule has 5 aromatic rings. The predicted octanol–water partition coefficient (Wildman–Crippen LogP) is 5.74. The van der Waals surface area contributed by atoms with E-state index in [4.69, 9.17) is 30.6 Å². The number of amides is 2. The van der Waals surface area contributed by atoms with Crippen molar-refractivity contribution in [3.05, 3.63) is 98.8 Å². The van der Waals surface area contributed by atoms with E-state index in [1.54, 1.807) is 51.1 Å². The highest BCUT2D eigenvalue weighted by Gasteiger charge is 2.37. The summed E-state index contributed by atoms with van der Waals surface area (Å²) in [4.78, 5) is 97.4. The number of nitrogens with one attached hydrogen (secondary N) is 2. The number of nitrogens with zero attached hydrogens (tertiary/aromatic N) is 4. The quantitative estimate of drug-likeness (QED) is 0.0971. The number of carbonyl (C=O) groups excluding carboxylic acids is 5. The maximum absolute atomic E-state index is 14.8. The van der Waals surface area contributed by atoms with Gasteiger partial charge in [0.15, 0.2) is 28.8 Å². The second-order valence-corrected chi connectivity index (χ2v) is 18.1. The number of aromatic amines is 1. The smallest absolute Gasteiger partial charge is 0.417 e. The minimum Gasteiger partial charge on any atom is -0.492 e. The largest absolute Gasteiger partial charge is 0.492 e. The number of fused-ring (bicyclic) bond motifs is 7. The van der Waals surface area contributed by atoms with Crippen LogP contribution in [0.4, 0.5) is 0 Å². The van der Waals surface area contributed by atoms with Gasteiger partial charge in [0.25, 0.3) is 0 Å². The van der Waals surface area contributed by atoms with Crippen molar-refractivity contribution in [3.8, 4) is 34.3 Å². The van der Waals surface area contributed by atoms with Crippen molar-refractivity contribution in [2.75, 3.05) is 26.7 Å². The summed E-state index contributed by atoms with van der Waals surface area (Å²) in [6.07, 6.45) is -0.649. The lowest BCUT2D eigenvalue weighted by Gasteiger charge is -2.32. The first-order valence-corrected chi connectivity index (χ1v) is 22.2. The molecule has 0 unspecified atom stereocenters. The van der Waals surface area contributed by atoms with Crippen molar-refractivity contribution in [3.63, 3.8) is 0 Å². The third-order valence-corrected chi connectivity index (χ3v) is 12.0. The van der Waals surface area contributed by atoms with Crippen molar-refractivity contribution in [1.29, 1.82) is 5.26 Å². The third-order valence-electron chi connectivity index (χ3n) is 12.0. The van der Waals surface area contributed by atoms with E-state index < -0.39 is 47.3 Å². The zero-order valence-electron chi connectivity index (χ0n) is 38.6. The molecule has 3 heterocycles. The van der Waals surface area contributed by atoms with Gasteiger partial charge in [0, 0.05) is 67.8 Å². The number of hydrogen-bond acceptors (Lipinski definition) is 13. The van der Waals surface area contributed by atoms with Gasteiger partial charge in [0.2, 0.25) is 11.8 Å². The van der Waals surface area contributed by atoms with Crippen LogP contribution in [0.25, 0.3) is 33.6 Å². The van der Waals surface area contributed by atoms with Gasteiger partial charge in [0.1, 0.15) is 18.4 Å². The van der Waals surface area contributed by atoms with Gasteiger partial charge in [-0.2, -0.15) is 5.26 Å². The lowest BCUT2D eigenvalue weighted by molar-refractivity contribution is -0.142. The van der Waals surface area contributed by atoms with Crippen LogP contribution in [0.5, 0.6) is 5.75 Å². The fourth-order valence-corrected chi connectivity index (χ4v) is 8.55. The summed E-state index contributed by atoms with van der Waals surface area (Å²) in [5, 5.41) is 12.0. The molecular weight excluding hydrogens is 841 g/mol. The second-order valence-electron chi connectivity index (χ2n) is 18.1. The van der Waals surface area contributed by atoms with Crippen LogP contribution >= 0.6 is 0 Å². The van der Waals surface area contributed by atoms with Crippen LogP contribution in [0, 0.1) is 37.0 Å². The zero-order valence-corrected chi connectivity index (χ0v) is 38.6. The lowest BCUT2D eigenvalue weighted by Crippen LogP contribution is -2.46. The maximum atomic E-state index is 14.8.